The van der Waals surface area contributed by atoms with Gasteiger partial charge in [-0.3, -0.25) is 9.59 Å². The number of fused-ring (bicyclic) bond motifs is 1. The zero-order valence-corrected chi connectivity index (χ0v) is 15.0. The predicted octanol–water partition coefficient (Wildman–Crippen LogP) is 1.18. The van der Waals surface area contributed by atoms with E-state index in [0.717, 1.165) is 35.5 Å². The number of thiophene rings is 1. The first kappa shape index (κ1) is 16.3. The van der Waals surface area contributed by atoms with Crippen LogP contribution in [-0.4, -0.2) is 58.9 Å². The van der Waals surface area contributed by atoms with E-state index in [1.165, 1.54) is 4.88 Å². The number of carbonyl (C=O) groups is 2. The van der Waals surface area contributed by atoms with Gasteiger partial charge in [-0.2, -0.15) is 0 Å². The smallest absolute Gasteiger partial charge is 0.245 e. The molecule has 2 aromatic heterocycles. The van der Waals surface area contributed by atoms with Crippen LogP contribution in [0.3, 0.4) is 0 Å². The van der Waals surface area contributed by atoms with Gasteiger partial charge in [-0.25, -0.2) is 9.97 Å². The van der Waals surface area contributed by atoms with Gasteiger partial charge in [0.2, 0.25) is 11.8 Å². The zero-order valence-electron chi connectivity index (χ0n) is 14.2. The van der Waals surface area contributed by atoms with Crippen molar-refractivity contribution in [1.82, 2.24) is 20.2 Å². The second kappa shape index (κ2) is 6.59. The van der Waals surface area contributed by atoms with Crippen molar-refractivity contribution in [1.29, 1.82) is 0 Å². The van der Waals surface area contributed by atoms with E-state index in [4.69, 9.17) is 0 Å². The van der Waals surface area contributed by atoms with Gasteiger partial charge >= 0.3 is 0 Å². The first-order valence-electron chi connectivity index (χ1n) is 8.72. The molecule has 25 heavy (non-hydrogen) atoms. The minimum Gasteiger partial charge on any atom is -0.352 e. The summed E-state index contributed by atoms with van der Waals surface area (Å²) in [6, 6.07) is 1.84. The molecule has 1 atom stereocenters. The molecule has 0 radical (unpaired) electrons. The van der Waals surface area contributed by atoms with Crippen LogP contribution in [0.15, 0.2) is 12.4 Å². The van der Waals surface area contributed by atoms with Crippen molar-refractivity contribution in [3.05, 3.63) is 17.3 Å². The molecular formula is C17H21N5O2S. The molecule has 0 saturated carbocycles. The van der Waals surface area contributed by atoms with E-state index >= 15 is 0 Å². The maximum Gasteiger partial charge on any atom is 0.245 e. The summed E-state index contributed by atoms with van der Waals surface area (Å²) in [4.78, 5) is 39.1. The van der Waals surface area contributed by atoms with Gasteiger partial charge in [0.05, 0.1) is 5.39 Å². The number of rotatable bonds is 3. The second-order valence-corrected chi connectivity index (χ2v) is 7.57. The van der Waals surface area contributed by atoms with Gasteiger partial charge in [0.15, 0.2) is 0 Å². The highest BCUT2D eigenvalue weighted by Gasteiger charge is 2.32. The van der Waals surface area contributed by atoms with E-state index in [-0.39, 0.29) is 17.9 Å². The van der Waals surface area contributed by atoms with Crippen molar-refractivity contribution in [3.63, 3.8) is 0 Å². The molecule has 0 spiro atoms. The normalized spacial score (nSPS) is 21.0. The van der Waals surface area contributed by atoms with Gasteiger partial charge < -0.3 is 15.1 Å². The zero-order chi connectivity index (χ0) is 17.4. The van der Waals surface area contributed by atoms with Gasteiger partial charge in [0, 0.05) is 37.5 Å². The minimum atomic E-state index is -0.339. The lowest BCUT2D eigenvalue weighted by Crippen LogP contribution is -2.53. The van der Waals surface area contributed by atoms with Gasteiger partial charge in [-0.05, 0) is 18.9 Å². The van der Waals surface area contributed by atoms with Crippen LogP contribution in [0.25, 0.3) is 10.2 Å². The lowest BCUT2D eigenvalue weighted by Gasteiger charge is -2.36. The lowest BCUT2D eigenvalue weighted by molar-refractivity contribution is -0.134. The Balaban J connectivity index is 1.46. The number of carbonyl (C=O) groups excluding carboxylic acids is 2. The summed E-state index contributed by atoms with van der Waals surface area (Å²) in [5, 5.41) is 3.87. The number of aromatic nitrogens is 2. The Kier molecular flexibility index (Phi) is 4.29. The summed E-state index contributed by atoms with van der Waals surface area (Å²) in [5.74, 6) is 0.980. The van der Waals surface area contributed by atoms with Crippen LogP contribution >= 0.6 is 11.3 Å². The fraction of sp³-hybridized carbons (Fsp3) is 0.529. The van der Waals surface area contributed by atoms with Crippen molar-refractivity contribution in [3.8, 4) is 0 Å². The van der Waals surface area contributed by atoms with Crippen molar-refractivity contribution in [2.75, 3.05) is 31.1 Å². The Labute approximate surface area is 150 Å². The molecule has 0 bridgehead atoms. The topological polar surface area (TPSA) is 78.4 Å². The Morgan fingerprint density at radius 2 is 2.12 bits per heavy atom. The lowest BCUT2D eigenvalue weighted by atomic mass is 10.2. The number of aryl methyl sites for hydroxylation is 1. The van der Waals surface area contributed by atoms with Crippen LogP contribution in [0.2, 0.25) is 0 Å². The Morgan fingerprint density at radius 1 is 1.32 bits per heavy atom. The molecule has 2 aliphatic rings. The summed E-state index contributed by atoms with van der Waals surface area (Å²) in [6.07, 6.45) is 3.68. The van der Waals surface area contributed by atoms with Gasteiger partial charge in [0.1, 0.15) is 23.0 Å². The largest absolute Gasteiger partial charge is 0.352 e. The van der Waals surface area contributed by atoms with Crippen LogP contribution in [0, 0.1) is 0 Å². The van der Waals surface area contributed by atoms with Crippen LogP contribution < -0.4 is 10.2 Å². The molecule has 2 aliphatic heterocycles. The van der Waals surface area contributed by atoms with Crippen LogP contribution in [0.4, 0.5) is 5.82 Å². The molecule has 2 saturated heterocycles. The first-order chi connectivity index (χ1) is 12.2. The number of hydrogen-bond acceptors (Lipinski definition) is 6. The van der Waals surface area contributed by atoms with E-state index in [9.17, 15) is 9.59 Å². The monoisotopic (exact) mass is 359 g/mol. The number of amides is 2. The van der Waals surface area contributed by atoms with Gasteiger partial charge in [-0.15, -0.1) is 11.3 Å². The molecule has 0 aliphatic carbocycles. The number of hydrogen-bond donors (Lipinski definition) is 1. The molecule has 0 aromatic carbocycles. The molecule has 132 valence electrons. The molecule has 7 nitrogen and oxygen atoms in total. The number of nitrogens with one attached hydrogen (secondary N) is 1. The fourth-order valence-electron chi connectivity index (χ4n) is 3.48. The summed E-state index contributed by atoms with van der Waals surface area (Å²) < 4.78 is 0. The summed E-state index contributed by atoms with van der Waals surface area (Å²) in [5.41, 5.74) is 0. The molecular weight excluding hydrogens is 338 g/mol. The van der Waals surface area contributed by atoms with E-state index in [0.29, 0.717) is 25.9 Å². The highest BCUT2D eigenvalue weighted by molar-refractivity contribution is 7.18. The maximum absolute atomic E-state index is 12.5. The molecule has 2 amide bonds. The summed E-state index contributed by atoms with van der Waals surface area (Å²) in [7, 11) is 0. The van der Waals surface area contributed by atoms with Crippen molar-refractivity contribution in [2.45, 2.75) is 32.2 Å². The minimum absolute atomic E-state index is 0.0236. The van der Waals surface area contributed by atoms with E-state index < -0.39 is 0 Å². The van der Waals surface area contributed by atoms with E-state index in [2.05, 4.69) is 33.2 Å². The maximum atomic E-state index is 12.5. The van der Waals surface area contributed by atoms with Crippen molar-refractivity contribution >= 4 is 39.2 Å². The summed E-state index contributed by atoms with van der Waals surface area (Å²) >= 11 is 1.72. The van der Waals surface area contributed by atoms with Gasteiger partial charge in [0.25, 0.3) is 0 Å². The highest BCUT2D eigenvalue weighted by atomic mass is 32.1. The number of anilines is 1. The average molecular weight is 359 g/mol. The predicted molar refractivity (Wildman–Crippen MR) is 96.8 cm³/mol. The molecule has 1 N–H and O–H groups in total. The van der Waals surface area contributed by atoms with Crippen LogP contribution in [-0.2, 0) is 16.0 Å². The SMILES string of the molecule is CCc1cc2c(N3CCN(C(=O)[C@H]4CCC(=O)N4)CC3)ncnc2s1. The number of piperazine rings is 1. The summed E-state index contributed by atoms with van der Waals surface area (Å²) in [6.45, 7) is 4.94. The third-order valence-electron chi connectivity index (χ3n) is 4.89. The van der Waals surface area contributed by atoms with Crippen molar-refractivity contribution in [2.24, 2.45) is 0 Å². The Morgan fingerprint density at radius 3 is 2.80 bits per heavy atom. The average Bonchev–Trinajstić information content (AvgIpc) is 3.26. The standard InChI is InChI=1S/C17H21N5O2S/c1-2-11-9-12-15(18-10-19-16(12)25-11)21-5-7-22(8-6-21)17(24)13-3-4-14(23)20-13/h9-10,13H,2-8H2,1H3,(H,20,23)/t13-/m1/s1. The van der Waals surface area contributed by atoms with Gasteiger partial charge in [-0.1, -0.05) is 6.92 Å². The van der Waals surface area contributed by atoms with E-state index in [1.54, 1.807) is 17.7 Å². The molecule has 4 heterocycles. The number of nitrogens with zero attached hydrogens (tertiary/aromatic N) is 4. The molecule has 4 rings (SSSR count). The fourth-order valence-corrected chi connectivity index (χ4v) is 4.41. The van der Waals surface area contributed by atoms with Crippen LogP contribution in [0.5, 0.6) is 0 Å². The Hall–Kier alpha value is -2.22. The first-order valence-corrected chi connectivity index (χ1v) is 9.54. The van der Waals surface area contributed by atoms with Crippen molar-refractivity contribution < 1.29 is 9.59 Å². The molecule has 0 unspecified atom stereocenters. The third-order valence-corrected chi connectivity index (χ3v) is 6.08. The third kappa shape index (κ3) is 3.06. The molecule has 2 aromatic rings. The molecule has 8 heteroatoms. The highest BCUT2D eigenvalue weighted by Crippen LogP contribution is 2.31. The molecule has 2 fully saturated rings. The van der Waals surface area contributed by atoms with E-state index in [1.807, 2.05) is 4.90 Å². The van der Waals surface area contributed by atoms with Crippen LogP contribution in [0.1, 0.15) is 24.6 Å². The second-order valence-electron chi connectivity index (χ2n) is 6.45. The Bertz CT molecular complexity index is 812. The quantitative estimate of drug-likeness (QED) is 0.890.